The molecule has 0 amide bonds. The number of hydrogen-bond donors (Lipinski definition) is 0. The Labute approximate surface area is 348 Å². The summed E-state index contributed by atoms with van der Waals surface area (Å²) in [5.74, 6) is 0. The molecule has 280 valence electrons. The summed E-state index contributed by atoms with van der Waals surface area (Å²) in [5.41, 5.74) is 14.2. The summed E-state index contributed by atoms with van der Waals surface area (Å²) < 4.78 is 2.52. The van der Waals surface area contributed by atoms with E-state index in [1.165, 1.54) is 93.2 Å². The molecule has 2 heteroatoms. The van der Waals surface area contributed by atoms with E-state index in [2.05, 4.69) is 240 Å². The number of fused-ring (bicyclic) bond motifs is 2. The lowest BCUT2D eigenvalue weighted by molar-refractivity contribution is 1.22. The Morgan fingerprint density at radius 1 is 0.283 bits per heavy atom. The highest BCUT2D eigenvalue weighted by Gasteiger charge is 2.23. The topological polar surface area (TPSA) is 8.17 Å². The van der Waals surface area contributed by atoms with Crippen LogP contribution in [0.3, 0.4) is 0 Å². The maximum atomic E-state index is 2.52. The second kappa shape index (κ2) is 13.9. The molecule has 0 atom stereocenters. The SMILES string of the molecule is c1ccc(-c2ccc(N(c3ccc(-c4ccccc4)cc3)c3cccc(-c4c5ccccc5c(-n5c6cccc7ccc8cccc5c8c76)c5ccccc45)c3)cc2)cc1. The van der Waals surface area contributed by atoms with E-state index in [0.29, 0.717) is 0 Å². The third-order valence-electron chi connectivity index (χ3n) is 12.3. The Kier molecular flexibility index (Phi) is 7.89. The van der Waals surface area contributed by atoms with E-state index in [-0.39, 0.29) is 0 Å². The lowest BCUT2D eigenvalue weighted by Crippen LogP contribution is -2.10. The fourth-order valence-corrected chi connectivity index (χ4v) is 9.63. The summed E-state index contributed by atoms with van der Waals surface area (Å²) in [4.78, 5) is 2.38. The number of benzene rings is 11. The normalized spacial score (nSPS) is 11.7. The average molecular weight is 763 g/mol. The molecule has 0 N–H and O–H groups in total. The van der Waals surface area contributed by atoms with E-state index in [4.69, 9.17) is 0 Å². The van der Waals surface area contributed by atoms with Crippen LogP contribution in [0.1, 0.15) is 0 Å². The van der Waals surface area contributed by atoms with Gasteiger partial charge in [0.25, 0.3) is 0 Å². The lowest BCUT2D eigenvalue weighted by Gasteiger charge is -2.27. The quantitative estimate of drug-likeness (QED) is 0.116. The van der Waals surface area contributed by atoms with Gasteiger partial charge in [0.1, 0.15) is 0 Å². The Bertz CT molecular complexity index is 3300. The van der Waals surface area contributed by atoms with Crippen LogP contribution in [-0.2, 0) is 0 Å². The molecule has 60 heavy (non-hydrogen) atoms. The van der Waals surface area contributed by atoms with E-state index in [0.717, 1.165) is 17.1 Å². The smallest absolute Gasteiger partial charge is 0.0619 e. The third kappa shape index (κ3) is 5.42. The number of rotatable bonds is 7. The van der Waals surface area contributed by atoms with Crippen molar-refractivity contribution < 1.29 is 0 Å². The maximum absolute atomic E-state index is 2.52. The van der Waals surface area contributed by atoms with Gasteiger partial charge in [-0.25, -0.2) is 0 Å². The Balaban J connectivity index is 1.07. The van der Waals surface area contributed by atoms with Crippen LogP contribution < -0.4 is 4.90 Å². The third-order valence-corrected chi connectivity index (χ3v) is 12.3. The minimum atomic E-state index is 1.10. The average Bonchev–Trinajstić information content (AvgIpc) is 3.66. The summed E-state index contributed by atoms with van der Waals surface area (Å²) in [5, 5.41) is 10.1. The molecule has 0 fully saturated rings. The predicted octanol–water partition coefficient (Wildman–Crippen LogP) is 16.2. The fourth-order valence-electron chi connectivity index (χ4n) is 9.63. The van der Waals surface area contributed by atoms with Gasteiger partial charge >= 0.3 is 0 Å². The molecule has 1 heterocycles. The van der Waals surface area contributed by atoms with Gasteiger partial charge in [-0.2, -0.15) is 0 Å². The zero-order valence-corrected chi connectivity index (χ0v) is 32.8. The summed E-state index contributed by atoms with van der Waals surface area (Å²) in [6.45, 7) is 0. The first-order valence-corrected chi connectivity index (χ1v) is 20.7. The van der Waals surface area contributed by atoms with Crippen LogP contribution >= 0.6 is 0 Å². The molecule has 0 aliphatic heterocycles. The van der Waals surface area contributed by atoms with E-state index in [1.807, 2.05) is 0 Å². The van der Waals surface area contributed by atoms with E-state index in [9.17, 15) is 0 Å². The maximum Gasteiger partial charge on any atom is 0.0619 e. The largest absolute Gasteiger partial charge is 0.310 e. The highest BCUT2D eigenvalue weighted by Crippen LogP contribution is 2.47. The molecule has 0 saturated carbocycles. The van der Waals surface area contributed by atoms with Crippen molar-refractivity contribution in [3.8, 4) is 39.1 Å². The van der Waals surface area contributed by atoms with Crippen LogP contribution in [0.25, 0.3) is 93.2 Å². The molecule has 0 saturated heterocycles. The molecular weight excluding hydrogens is 725 g/mol. The van der Waals surface area contributed by atoms with E-state index >= 15 is 0 Å². The molecule has 0 radical (unpaired) electrons. The molecule has 12 rings (SSSR count). The molecule has 0 spiro atoms. The minimum absolute atomic E-state index is 1.10. The van der Waals surface area contributed by atoms with Crippen LogP contribution in [0.15, 0.2) is 231 Å². The first kappa shape index (κ1) is 34.1. The number of hydrogen-bond acceptors (Lipinski definition) is 1. The van der Waals surface area contributed by atoms with Gasteiger partial charge in [-0.05, 0) is 103 Å². The Morgan fingerprint density at radius 3 is 1.20 bits per heavy atom. The van der Waals surface area contributed by atoms with E-state index in [1.54, 1.807) is 0 Å². The zero-order valence-electron chi connectivity index (χ0n) is 32.8. The molecule has 2 nitrogen and oxygen atoms in total. The van der Waals surface area contributed by atoms with Gasteiger partial charge in [0.05, 0.1) is 16.7 Å². The van der Waals surface area contributed by atoms with Crippen LogP contribution in [-0.4, -0.2) is 4.57 Å². The fraction of sp³-hybridized carbons (Fsp3) is 0. The monoisotopic (exact) mass is 762 g/mol. The van der Waals surface area contributed by atoms with Crippen molar-refractivity contribution in [2.45, 2.75) is 0 Å². The second-order valence-electron chi connectivity index (χ2n) is 15.7. The predicted molar refractivity (Wildman–Crippen MR) is 255 cm³/mol. The van der Waals surface area contributed by atoms with Crippen molar-refractivity contribution in [2.75, 3.05) is 4.90 Å². The van der Waals surface area contributed by atoms with Crippen molar-refractivity contribution in [3.05, 3.63) is 231 Å². The van der Waals surface area contributed by atoms with Crippen LogP contribution in [0.5, 0.6) is 0 Å². The zero-order chi connectivity index (χ0) is 39.6. The molecular formula is C58H38N2. The number of nitrogens with zero attached hydrogens (tertiary/aromatic N) is 2. The van der Waals surface area contributed by atoms with Crippen molar-refractivity contribution in [2.24, 2.45) is 0 Å². The van der Waals surface area contributed by atoms with Gasteiger partial charge in [0.2, 0.25) is 0 Å². The van der Waals surface area contributed by atoms with E-state index < -0.39 is 0 Å². The molecule has 0 aliphatic rings. The first-order chi connectivity index (χ1) is 29.8. The van der Waals surface area contributed by atoms with Crippen molar-refractivity contribution >= 4 is 71.2 Å². The van der Waals surface area contributed by atoms with Gasteiger partial charge in [-0.1, -0.05) is 182 Å². The van der Waals surface area contributed by atoms with Gasteiger partial charge in [-0.15, -0.1) is 0 Å². The molecule has 12 aromatic rings. The van der Waals surface area contributed by atoms with Crippen molar-refractivity contribution in [3.63, 3.8) is 0 Å². The Hall–Kier alpha value is -7.94. The molecule has 0 unspecified atom stereocenters. The summed E-state index contributed by atoms with van der Waals surface area (Å²) in [6, 6.07) is 84.2. The number of aromatic nitrogens is 1. The minimum Gasteiger partial charge on any atom is -0.310 e. The summed E-state index contributed by atoms with van der Waals surface area (Å²) >= 11 is 0. The van der Waals surface area contributed by atoms with Gasteiger partial charge < -0.3 is 9.47 Å². The van der Waals surface area contributed by atoms with Crippen molar-refractivity contribution in [1.29, 1.82) is 0 Å². The Morgan fingerprint density at radius 2 is 0.700 bits per heavy atom. The van der Waals surface area contributed by atoms with Gasteiger partial charge in [0.15, 0.2) is 0 Å². The summed E-state index contributed by atoms with van der Waals surface area (Å²) in [6.07, 6.45) is 0. The number of anilines is 3. The highest BCUT2D eigenvalue weighted by molar-refractivity contribution is 6.26. The second-order valence-corrected chi connectivity index (χ2v) is 15.7. The molecule has 1 aromatic heterocycles. The lowest BCUT2D eigenvalue weighted by atomic mass is 9.90. The molecule has 0 aliphatic carbocycles. The van der Waals surface area contributed by atoms with Gasteiger partial charge in [-0.3, -0.25) is 0 Å². The van der Waals surface area contributed by atoms with Gasteiger partial charge in [0, 0.05) is 38.6 Å². The standard InChI is InChI=1S/C58H38N2/c1-3-14-39(15-4-1)41-30-34-46(35-31-41)59(47-36-32-42(33-37-47)40-16-5-2-6-17-40)48-21-11-20-45(38-48)55-49-22-7-9-24-51(49)58(52-25-10-8-23-50(52)55)60-53-26-12-18-43-28-29-44-19-13-27-54(60)57(44)56(43)53/h1-38H. The molecule has 11 aromatic carbocycles. The first-order valence-electron chi connectivity index (χ1n) is 20.7. The summed E-state index contributed by atoms with van der Waals surface area (Å²) in [7, 11) is 0. The van der Waals surface area contributed by atoms with Crippen molar-refractivity contribution in [1.82, 2.24) is 4.57 Å². The highest BCUT2D eigenvalue weighted by atomic mass is 15.1. The molecule has 0 bridgehead atoms. The van der Waals surface area contributed by atoms with Crippen LogP contribution in [0, 0.1) is 0 Å². The van der Waals surface area contributed by atoms with Crippen LogP contribution in [0.4, 0.5) is 17.1 Å². The van der Waals surface area contributed by atoms with Crippen LogP contribution in [0.2, 0.25) is 0 Å².